The zero-order valence-electron chi connectivity index (χ0n) is 19.5. The summed E-state index contributed by atoms with van der Waals surface area (Å²) in [7, 11) is 0. The molecule has 8 heteroatoms. The minimum absolute atomic E-state index is 0.0930. The van der Waals surface area contributed by atoms with E-state index in [1.54, 1.807) is 9.08 Å². The molecule has 1 atom stereocenters. The van der Waals surface area contributed by atoms with Gasteiger partial charge >= 0.3 is 0 Å². The maximum atomic E-state index is 14.0. The number of thioether (sulfide) groups is 1. The molecular formula is C26H27N5O2S. The summed E-state index contributed by atoms with van der Waals surface area (Å²) in [5, 5.41) is 8.01. The van der Waals surface area contributed by atoms with E-state index >= 15 is 0 Å². The van der Waals surface area contributed by atoms with Crippen LogP contribution in [0.1, 0.15) is 38.3 Å². The number of hydrogen-bond donors (Lipinski definition) is 1. The van der Waals surface area contributed by atoms with Crippen molar-refractivity contribution in [3.05, 3.63) is 76.1 Å². The number of hydrogen-bond acceptors (Lipinski definition) is 5. The fourth-order valence-corrected chi connectivity index (χ4v) is 5.44. The number of carbonyl (C=O) groups is 1. The predicted molar refractivity (Wildman–Crippen MR) is 135 cm³/mol. The van der Waals surface area contributed by atoms with Crippen LogP contribution >= 0.6 is 11.8 Å². The van der Waals surface area contributed by atoms with Crippen LogP contribution in [0.4, 0.5) is 5.69 Å². The van der Waals surface area contributed by atoms with Crippen LogP contribution in [0.2, 0.25) is 0 Å². The smallest absolute Gasteiger partial charge is 0.265 e. The van der Waals surface area contributed by atoms with Gasteiger partial charge in [-0.2, -0.15) is 0 Å². The molecule has 7 nitrogen and oxygen atoms in total. The Balaban J connectivity index is 1.59. The number of benzene rings is 2. The van der Waals surface area contributed by atoms with Gasteiger partial charge in [0, 0.05) is 23.2 Å². The SMILES string of the molecule is CCn1nc(SCC(=O)Nc2ccccc2)n2c(=O)c3c(nc12)-c1ccccc1C[C@]3(C)CC. The van der Waals surface area contributed by atoms with Crippen molar-refractivity contribution in [2.75, 3.05) is 11.1 Å². The Morgan fingerprint density at radius 2 is 1.85 bits per heavy atom. The van der Waals surface area contributed by atoms with E-state index in [-0.39, 0.29) is 22.6 Å². The monoisotopic (exact) mass is 473 g/mol. The van der Waals surface area contributed by atoms with Crippen molar-refractivity contribution in [1.29, 1.82) is 0 Å². The molecule has 1 amide bonds. The fourth-order valence-electron chi connectivity index (χ4n) is 4.66. The van der Waals surface area contributed by atoms with Crippen LogP contribution in [0, 0.1) is 0 Å². The lowest BCUT2D eigenvalue weighted by Gasteiger charge is -2.35. The second-order valence-corrected chi connectivity index (χ2v) is 9.77. The van der Waals surface area contributed by atoms with Gasteiger partial charge in [-0.15, -0.1) is 5.10 Å². The number of anilines is 1. The first-order chi connectivity index (χ1) is 16.4. The summed E-state index contributed by atoms with van der Waals surface area (Å²) in [6, 6.07) is 17.5. The Hall–Kier alpha value is -3.39. The third-order valence-corrected chi connectivity index (χ3v) is 7.55. The van der Waals surface area contributed by atoms with Crippen molar-refractivity contribution in [2.45, 2.75) is 50.7 Å². The average molecular weight is 474 g/mol. The summed E-state index contributed by atoms with van der Waals surface area (Å²) in [4.78, 5) is 31.5. The third kappa shape index (κ3) is 3.72. The molecule has 1 aliphatic rings. The second-order valence-electron chi connectivity index (χ2n) is 8.83. The molecule has 0 radical (unpaired) electrons. The summed E-state index contributed by atoms with van der Waals surface area (Å²) in [5.74, 6) is 0.497. The third-order valence-electron chi connectivity index (χ3n) is 6.62. The number of aromatic nitrogens is 4. The number of aryl methyl sites for hydroxylation is 1. The maximum Gasteiger partial charge on any atom is 0.265 e. The molecule has 174 valence electrons. The molecule has 0 saturated heterocycles. The maximum absolute atomic E-state index is 14.0. The highest BCUT2D eigenvalue weighted by molar-refractivity contribution is 7.99. The van der Waals surface area contributed by atoms with E-state index in [1.807, 2.05) is 55.5 Å². The Bertz CT molecular complexity index is 1440. The molecule has 5 rings (SSSR count). The zero-order chi connectivity index (χ0) is 23.9. The van der Waals surface area contributed by atoms with Crippen LogP contribution in [0.5, 0.6) is 0 Å². The van der Waals surface area contributed by atoms with E-state index in [4.69, 9.17) is 4.98 Å². The molecule has 2 aromatic carbocycles. The van der Waals surface area contributed by atoms with Gasteiger partial charge in [-0.3, -0.25) is 9.59 Å². The molecule has 1 aliphatic carbocycles. The number of amides is 1. The number of carbonyl (C=O) groups excluding carboxylic acids is 1. The van der Waals surface area contributed by atoms with Crippen molar-refractivity contribution < 1.29 is 4.79 Å². The first-order valence-corrected chi connectivity index (χ1v) is 12.5. The summed E-state index contributed by atoms with van der Waals surface area (Å²) in [6.45, 7) is 6.80. The van der Waals surface area contributed by atoms with Crippen molar-refractivity contribution in [1.82, 2.24) is 19.2 Å². The van der Waals surface area contributed by atoms with Gasteiger partial charge in [0.2, 0.25) is 11.7 Å². The standard InChI is InChI=1S/C26H27N5O2S/c1-4-26(3)15-17-11-9-10-14-19(17)22-21(26)23(33)31-24(28-22)30(5-2)29-25(31)34-16-20(32)27-18-12-7-6-8-13-18/h6-14H,4-5,15-16H2,1-3H3,(H,27,32)/t26-/m0/s1. The number of nitrogens with one attached hydrogen (secondary N) is 1. The highest BCUT2D eigenvalue weighted by Crippen LogP contribution is 2.42. The molecular weight excluding hydrogens is 446 g/mol. The zero-order valence-corrected chi connectivity index (χ0v) is 20.4. The van der Waals surface area contributed by atoms with Crippen LogP contribution in [0.3, 0.4) is 0 Å². The van der Waals surface area contributed by atoms with Crippen LogP contribution in [-0.2, 0) is 23.2 Å². The van der Waals surface area contributed by atoms with Crippen molar-refractivity contribution in [3.63, 3.8) is 0 Å². The van der Waals surface area contributed by atoms with Crippen molar-refractivity contribution >= 4 is 29.1 Å². The molecule has 0 fully saturated rings. The molecule has 0 saturated carbocycles. The summed E-state index contributed by atoms with van der Waals surface area (Å²) >= 11 is 1.25. The first-order valence-electron chi connectivity index (χ1n) is 11.5. The van der Waals surface area contributed by atoms with Crippen molar-refractivity contribution in [3.8, 4) is 11.3 Å². The number of para-hydroxylation sites is 1. The fraction of sp³-hybridized carbons (Fsp3) is 0.308. The van der Waals surface area contributed by atoms with E-state index in [0.29, 0.717) is 17.5 Å². The first kappa shape index (κ1) is 22.4. The van der Waals surface area contributed by atoms with Crippen LogP contribution < -0.4 is 10.9 Å². The summed E-state index contributed by atoms with van der Waals surface area (Å²) in [5.41, 5.74) is 4.04. The van der Waals surface area contributed by atoms with Gasteiger partial charge in [-0.05, 0) is 37.5 Å². The number of rotatable bonds is 6. The number of nitrogens with zero attached hydrogens (tertiary/aromatic N) is 4. The van der Waals surface area contributed by atoms with E-state index in [2.05, 4.69) is 30.3 Å². The largest absolute Gasteiger partial charge is 0.325 e. The second kappa shape index (κ2) is 8.76. The molecule has 0 bridgehead atoms. The molecule has 2 heterocycles. The Kier molecular flexibility index (Phi) is 5.77. The van der Waals surface area contributed by atoms with Crippen molar-refractivity contribution in [2.24, 2.45) is 0 Å². The molecule has 0 aliphatic heterocycles. The van der Waals surface area contributed by atoms with Gasteiger partial charge in [-0.1, -0.05) is 68.1 Å². The Morgan fingerprint density at radius 3 is 2.59 bits per heavy atom. The Morgan fingerprint density at radius 1 is 1.12 bits per heavy atom. The lowest BCUT2D eigenvalue weighted by atomic mass is 9.69. The molecule has 2 aromatic heterocycles. The number of fused-ring (bicyclic) bond motifs is 4. The highest BCUT2D eigenvalue weighted by Gasteiger charge is 2.38. The van der Waals surface area contributed by atoms with E-state index < -0.39 is 0 Å². The minimum atomic E-state index is -0.324. The minimum Gasteiger partial charge on any atom is -0.325 e. The molecule has 0 unspecified atom stereocenters. The van der Waals surface area contributed by atoms with Gasteiger partial charge < -0.3 is 5.32 Å². The topological polar surface area (TPSA) is 81.3 Å². The average Bonchev–Trinajstić information content (AvgIpc) is 3.21. The quantitative estimate of drug-likeness (QED) is 0.416. The summed E-state index contributed by atoms with van der Waals surface area (Å²) < 4.78 is 3.32. The molecule has 1 N–H and O–H groups in total. The van der Waals surface area contributed by atoms with Gasteiger partial charge in [-0.25, -0.2) is 14.1 Å². The van der Waals surface area contributed by atoms with E-state index in [1.165, 1.54) is 17.3 Å². The van der Waals surface area contributed by atoms with E-state index in [9.17, 15) is 9.59 Å². The van der Waals surface area contributed by atoms with Gasteiger partial charge in [0.15, 0.2) is 5.16 Å². The van der Waals surface area contributed by atoms with Crippen LogP contribution in [-0.4, -0.2) is 30.8 Å². The molecule has 34 heavy (non-hydrogen) atoms. The van der Waals surface area contributed by atoms with Gasteiger partial charge in [0.05, 0.1) is 17.0 Å². The van der Waals surface area contributed by atoms with Gasteiger partial charge in [0.1, 0.15) is 0 Å². The van der Waals surface area contributed by atoms with E-state index in [0.717, 1.165) is 35.3 Å². The van der Waals surface area contributed by atoms with Crippen LogP contribution in [0.25, 0.3) is 17.0 Å². The van der Waals surface area contributed by atoms with Crippen LogP contribution in [0.15, 0.2) is 64.5 Å². The normalized spacial score (nSPS) is 16.8. The highest BCUT2D eigenvalue weighted by atomic mass is 32.2. The molecule has 0 spiro atoms. The molecule has 4 aromatic rings. The lowest BCUT2D eigenvalue weighted by molar-refractivity contribution is -0.113. The lowest BCUT2D eigenvalue weighted by Crippen LogP contribution is -2.38. The summed E-state index contributed by atoms with van der Waals surface area (Å²) in [6.07, 6.45) is 1.61. The predicted octanol–water partition coefficient (Wildman–Crippen LogP) is 4.53. The Labute approximate surface area is 202 Å². The van der Waals surface area contributed by atoms with Gasteiger partial charge in [0.25, 0.3) is 5.56 Å².